The van der Waals surface area contributed by atoms with Crippen LogP contribution in [0.4, 0.5) is 0 Å². The van der Waals surface area contributed by atoms with Gasteiger partial charge >= 0.3 is 5.97 Å². The first-order chi connectivity index (χ1) is 11.6. The molecule has 0 unspecified atom stereocenters. The van der Waals surface area contributed by atoms with Crippen LogP contribution < -0.4 is 4.74 Å². The third kappa shape index (κ3) is 3.86. The number of hydrogen-bond donors (Lipinski definition) is 0. The monoisotopic (exact) mass is 388 g/mol. The molecule has 0 atom stereocenters. The zero-order valence-electron chi connectivity index (χ0n) is 13.1. The summed E-state index contributed by atoms with van der Waals surface area (Å²) in [6.45, 7) is 5.48. The Balaban J connectivity index is 1.53. The molecule has 0 aromatic heterocycles. The Morgan fingerprint density at radius 1 is 1.17 bits per heavy atom. The van der Waals surface area contributed by atoms with Crippen LogP contribution in [0.1, 0.15) is 21.5 Å². The summed E-state index contributed by atoms with van der Waals surface area (Å²) >= 11 is 3.45. The van der Waals surface area contributed by atoms with Crippen molar-refractivity contribution in [1.82, 2.24) is 0 Å². The molecule has 0 aliphatic carbocycles. The molecule has 124 valence electrons. The highest BCUT2D eigenvalue weighted by atomic mass is 79.9. The van der Waals surface area contributed by atoms with E-state index in [0.717, 1.165) is 21.2 Å². The SMILES string of the molecule is C=C(COCc1ccccc1)COc1c(Br)ccc2c1COC2=O. The van der Waals surface area contributed by atoms with Gasteiger partial charge in [0.15, 0.2) is 0 Å². The van der Waals surface area contributed by atoms with Crippen molar-refractivity contribution in [1.29, 1.82) is 0 Å². The zero-order chi connectivity index (χ0) is 16.9. The Morgan fingerprint density at radius 3 is 2.75 bits per heavy atom. The van der Waals surface area contributed by atoms with Gasteiger partial charge < -0.3 is 14.2 Å². The summed E-state index contributed by atoms with van der Waals surface area (Å²) in [6, 6.07) is 13.5. The lowest BCUT2D eigenvalue weighted by Crippen LogP contribution is -2.08. The Morgan fingerprint density at radius 2 is 1.96 bits per heavy atom. The number of fused-ring (bicyclic) bond motifs is 1. The second-order valence-electron chi connectivity index (χ2n) is 5.50. The van der Waals surface area contributed by atoms with Crippen molar-refractivity contribution < 1.29 is 19.0 Å². The molecule has 0 radical (unpaired) electrons. The predicted molar refractivity (Wildman–Crippen MR) is 94.0 cm³/mol. The molecule has 1 aliphatic heterocycles. The first-order valence-corrected chi connectivity index (χ1v) is 8.34. The third-order valence-electron chi connectivity index (χ3n) is 3.62. The molecule has 0 N–H and O–H groups in total. The minimum atomic E-state index is -0.313. The largest absolute Gasteiger partial charge is 0.488 e. The number of esters is 1. The fourth-order valence-corrected chi connectivity index (χ4v) is 2.89. The molecule has 0 saturated carbocycles. The van der Waals surface area contributed by atoms with Crippen molar-refractivity contribution >= 4 is 21.9 Å². The molecule has 0 saturated heterocycles. The first kappa shape index (κ1) is 16.7. The maximum absolute atomic E-state index is 11.6. The van der Waals surface area contributed by atoms with E-state index in [1.807, 2.05) is 30.3 Å². The van der Waals surface area contributed by atoms with E-state index >= 15 is 0 Å². The highest BCUT2D eigenvalue weighted by molar-refractivity contribution is 9.10. The molecule has 0 spiro atoms. The Labute approximate surface area is 149 Å². The smallest absolute Gasteiger partial charge is 0.339 e. The van der Waals surface area contributed by atoms with Crippen LogP contribution in [-0.4, -0.2) is 19.2 Å². The molecule has 2 aromatic carbocycles. The van der Waals surface area contributed by atoms with Crippen molar-refractivity contribution in [2.75, 3.05) is 13.2 Å². The normalized spacial score (nSPS) is 12.6. The van der Waals surface area contributed by atoms with Gasteiger partial charge in [-0.15, -0.1) is 0 Å². The van der Waals surface area contributed by atoms with Crippen LogP contribution in [0.3, 0.4) is 0 Å². The lowest BCUT2D eigenvalue weighted by molar-refractivity contribution is 0.0534. The number of rotatable bonds is 7. The Bertz CT molecular complexity index is 755. The van der Waals surface area contributed by atoms with E-state index in [2.05, 4.69) is 22.5 Å². The molecule has 0 bridgehead atoms. The molecular formula is C19H17BrO4. The summed E-state index contributed by atoms with van der Waals surface area (Å²) in [7, 11) is 0. The summed E-state index contributed by atoms with van der Waals surface area (Å²) in [6.07, 6.45) is 0. The van der Waals surface area contributed by atoms with Gasteiger partial charge in [-0.05, 0) is 39.2 Å². The molecule has 3 rings (SSSR count). The van der Waals surface area contributed by atoms with Crippen molar-refractivity contribution in [3.63, 3.8) is 0 Å². The minimum absolute atomic E-state index is 0.236. The van der Waals surface area contributed by atoms with Crippen LogP contribution in [0.2, 0.25) is 0 Å². The molecule has 5 heteroatoms. The minimum Gasteiger partial charge on any atom is -0.488 e. The number of carbonyl (C=O) groups excluding carboxylic acids is 1. The van der Waals surface area contributed by atoms with Gasteiger partial charge in [0.2, 0.25) is 0 Å². The standard InChI is InChI=1S/C19H17BrO4/c1-13(9-22-11-14-5-3-2-4-6-14)10-23-18-16-12-24-19(21)15(16)7-8-17(18)20/h2-8H,1,9-12H2. The molecule has 0 fully saturated rings. The number of ether oxygens (including phenoxy) is 3. The van der Waals surface area contributed by atoms with Gasteiger partial charge in [-0.2, -0.15) is 0 Å². The lowest BCUT2D eigenvalue weighted by Gasteiger charge is -2.13. The van der Waals surface area contributed by atoms with E-state index in [-0.39, 0.29) is 12.6 Å². The summed E-state index contributed by atoms with van der Waals surface area (Å²) in [4.78, 5) is 11.6. The lowest BCUT2D eigenvalue weighted by atomic mass is 10.1. The highest BCUT2D eigenvalue weighted by Gasteiger charge is 2.26. The van der Waals surface area contributed by atoms with Crippen LogP contribution in [0.25, 0.3) is 0 Å². The van der Waals surface area contributed by atoms with Crippen molar-refractivity contribution in [2.24, 2.45) is 0 Å². The van der Waals surface area contributed by atoms with Crippen LogP contribution in [-0.2, 0) is 22.7 Å². The topological polar surface area (TPSA) is 44.8 Å². The first-order valence-electron chi connectivity index (χ1n) is 7.55. The van der Waals surface area contributed by atoms with Gasteiger partial charge in [-0.25, -0.2) is 4.79 Å². The molecular weight excluding hydrogens is 372 g/mol. The average Bonchev–Trinajstić information content (AvgIpc) is 2.96. The summed E-state index contributed by atoms with van der Waals surface area (Å²) in [5.74, 6) is 0.315. The van der Waals surface area contributed by atoms with Gasteiger partial charge in [-0.1, -0.05) is 36.9 Å². The number of carbonyl (C=O) groups is 1. The van der Waals surface area contributed by atoms with Crippen LogP contribution in [0, 0.1) is 0 Å². The summed E-state index contributed by atoms with van der Waals surface area (Å²) in [5, 5.41) is 0. The van der Waals surface area contributed by atoms with E-state index < -0.39 is 0 Å². The molecule has 2 aromatic rings. The van der Waals surface area contributed by atoms with Gasteiger partial charge in [-0.3, -0.25) is 0 Å². The van der Waals surface area contributed by atoms with E-state index in [9.17, 15) is 4.79 Å². The van der Waals surface area contributed by atoms with Crippen molar-refractivity contribution in [3.05, 3.63) is 75.8 Å². The van der Waals surface area contributed by atoms with Gasteiger partial charge in [0, 0.05) is 5.56 Å². The number of cyclic esters (lactones) is 1. The van der Waals surface area contributed by atoms with Crippen molar-refractivity contribution in [3.8, 4) is 5.75 Å². The molecule has 1 heterocycles. The Hall–Kier alpha value is -2.11. The zero-order valence-corrected chi connectivity index (χ0v) is 14.7. The number of halogens is 1. The molecule has 24 heavy (non-hydrogen) atoms. The molecule has 0 amide bonds. The number of benzene rings is 2. The quantitative estimate of drug-likeness (QED) is 0.524. The average molecular weight is 389 g/mol. The number of hydrogen-bond acceptors (Lipinski definition) is 4. The van der Waals surface area contributed by atoms with E-state index in [1.165, 1.54) is 0 Å². The molecule has 1 aliphatic rings. The van der Waals surface area contributed by atoms with Gasteiger partial charge in [0.25, 0.3) is 0 Å². The second kappa shape index (κ2) is 7.64. The fourth-order valence-electron chi connectivity index (χ4n) is 2.41. The summed E-state index contributed by atoms with van der Waals surface area (Å²) in [5.41, 5.74) is 3.26. The second-order valence-corrected chi connectivity index (χ2v) is 6.35. The predicted octanol–water partition coefficient (Wildman–Crippen LogP) is 4.27. The fraction of sp³-hybridized carbons (Fsp3) is 0.211. The Kier molecular flexibility index (Phi) is 5.33. The van der Waals surface area contributed by atoms with Crippen LogP contribution in [0.5, 0.6) is 5.75 Å². The van der Waals surface area contributed by atoms with E-state index in [0.29, 0.717) is 31.1 Å². The summed E-state index contributed by atoms with van der Waals surface area (Å²) < 4.78 is 17.3. The molecule has 4 nitrogen and oxygen atoms in total. The van der Waals surface area contributed by atoms with E-state index in [4.69, 9.17) is 14.2 Å². The van der Waals surface area contributed by atoms with Gasteiger partial charge in [0.05, 0.1) is 23.2 Å². The highest BCUT2D eigenvalue weighted by Crippen LogP contribution is 2.36. The third-order valence-corrected chi connectivity index (χ3v) is 4.24. The van der Waals surface area contributed by atoms with Crippen LogP contribution >= 0.6 is 15.9 Å². The maximum atomic E-state index is 11.6. The van der Waals surface area contributed by atoms with Gasteiger partial charge in [0.1, 0.15) is 19.0 Å². The maximum Gasteiger partial charge on any atom is 0.339 e. The van der Waals surface area contributed by atoms with E-state index in [1.54, 1.807) is 12.1 Å². The van der Waals surface area contributed by atoms with Crippen molar-refractivity contribution in [2.45, 2.75) is 13.2 Å². The van der Waals surface area contributed by atoms with Crippen LogP contribution in [0.15, 0.2) is 59.1 Å².